The number of nitrogens with zero attached hydrogens (tertiary/aromatic N) is 3. The summed E-state index contributed by atoms with van der Waals surface area (Å²) in [5.74, 6) is 0.211. The molecule has 0 spiro atoms. The van der Waals surface area contributed by atoms with Crippen LogP contribution in [0.3, 0.4) is 0 Å². The summed E-state index contributed by atoms with van der Waals surface area (Å²) in [5, 5.41) is 0. The third kappa shape index (κ3) is 3.42. The first-order valence-corrected chi connectivity index (χ1v) is 10.1. The highest BCUT2D eigenvalue weighted by Gasteiger charge is 2.48. The van der Waals surface area contributed by atoms with Gasteiger partial charge in [0.05, 0.1) is 17.5 Å². The molecule has 0 saturated carbocycles. The largest absolute Gasteiger partial charge is 0.331 e. The van der Waals surface area contributed by atoms with E-state index in [9.17, 15) is 13.2 Å². The molecule has 24 heavy (non-hydrogen) atoms. The predicted molar refractivity (Wildman–Crippen MR) is 93.6 cm³/mol. The first-order chi connectivity index (χ1) is 11.3. The van der Waals surface area contributed by atoms with E-state index in [1.54, 1.807) is 19.0 Å². The van der Waals surface area contributed by atoms with Crippen molar-refractivity contribution in [2.45, 2.75) is 25.6 Å². The van der Waals surface area contributed by atoms with Gasteiger partial charge in [0.2, 0.25) is 0 Å². The van der Waals surface area contributed by atoms with Crippen LogP contribution < -0.4 is 0 Å². The molecule has 2 atom stereocenters. The topological polar surface area (TPSA) is 60.9 Å². The number of piperazine rings is 1. The van der Waals surface area contributed by atoms with E-state index in [0.29, 0.717) is 13.1 Å². The van der Waals surface area contributed by atoms with E-state index in [1.807, 2.05) is 0 Å². The fraction of sp³-hybridized carbons (Fsp3) is 0.588. The van der Waals surface area contributed by atoms with Gasteiger partial charge >= 0.3 is 6.03 Å². The number of aryl methyl sites for hydroxylation is 1. The maximum absolute atomic E-state index is 12.4. The number of amides is 2. The van der Waals surface area contributed by atoms with Gasteiger partial charge in [-0.3, -0.25) is 4.90 Å². The quantitative estimate of drug-likeness (QED) is 0.796. The first-order valence-electron chi connectivity index (χ1n) is 8.25. The first kappa shape index (κ1) is 17.2. The van der Waals surface area contributed by atoms with Crippen molar-refractivity contribution in [1.82, 2.24) is 14.7 Å². The van der Waals surface area contributed by atoms with Gasteiger partial charge in [0.25, 0.3) is 0 Å². The van der Waals surface area contributed by atoms with Crippen LogP contribution in [-0.4, -0.2) is 79.9 Å². The van der Waals surface area contributed by atoms with E-state index >= 15 is 0 Å². The van der Waals surface area contributed by atoms with Gasteiger partial charge in [0.1, 0.15) is 0 Å². The van der Waals surface area contributed by atoms with Gasteiger partial charge in [0.15, 0.2) is 9.84 Å². The molecule has 132 valence electrons. The van der Waals surface area contributed by atoms with Crippen LogP contribution in [-0.2, 0) is 16.4 Å². The minimum atomic E-state index is -3.11. The van der Waals surface area contributed by atoms with Crippen molar-refractivity contribution >= 4 is 15.9 Å². The number of hydrogen-bond donors (Lipinski definition) is 0. The third-order valence-corrected chi connectivity index (χ3v) is 6.62. The molecule has 0 unspecified atom stereocenters. The standard InChI is InChI=1S/C17H25N3O3S/c1-13-4-6-14(7-5-13)10-19-8-9-20(17(21)18(2)3)16-12-24(22,23)11-15(16)19/h4-7,15-16H,8-12H2,1-3H3/t15-,16+/m1/s1. The zero-order valence-electron chi connectivity index (χ0n) is 14.5. The molecule has 2 fully saturated rings. The van der Waals surface area contributed by atoms with Crippen LogP contribution in [0.15, 0.2) is 24.3 Å². The number of carbonyl (C=O) groups excluding carboxylic acids is 1. The lowest BCUT2D eigenvalue weighted by atomic mass is 10.0. The molecule has 2 aliphatic heterocycles. The molecule has 2 aliphatic rings. The summed E-state index contributed by atoms with van der Waals surface area (Å²) in [7, 11) is 0.309. The van der Waals surface area contributed by atoms with E-state index in [2.05, 4.69) is 36.1 Å². The molecule has 2 heterocycles. The molecule has 1 aromatic rings. The van der Waals surface area contributed by atoms with Crippen LogP contribution in [0, 0.1) is 6.92 Å². The number of urea groups is 1. The molecule has 7 heteroatoms. The van der Waals surface area contributed by atoms with Crippen molar-refractivity contribution in [1.29, 1.82) is 0 Å². The molecule has 3 rings (SSSR count). The van der Waals surface area contributed by atoms with Crippen LogP contribution >= 0.6 is 0 Å². The summed E-state index contributed by atoms with van der Waals surface area (Å²) in [5.41, 5.74) is 2.39. The molecule has 1 aromatic carbocycles. The lowest BCUT2D eigenvalue weighted by Gasteiger charge is -2.44. The zero-order valence-corrected chi connectivity index (χ0v) is 15.3. The fourth-order valence-electron chi connectivity index (χ4n) is 3.64. The van der Waals surface area contributed by atoms with Crippen molar-refractivity contribution in [3.8, 4) is 0 Å². The second-order valence-corrected chi connectivity index (χ2v) is 9.19. The summed E-state index contributed by atoms with van der Waals surface area (Å²) in [4.78, 5) is 17.9. The maximum Gasteiger partial charge on any atom is 0.319 e. The van der Waals surface area contributed by atoms with Gasteiger partial charge in [-0.15, -0.1) is 0 Å². The van der Waals surface area contributed by atoms with Crippen molar-refractivity contribution < 1.29 is 13.2 Å². The Hall–Kier alpha value is -1.60. The van der Waals surface area contributed by atoms with Crippen molar-refractivity contribution in [3.05, 3.63) is 35.4 Å². The molecule has 0 N–H and O–H groups in total. The van der Waals surface area contributed by atoms with Crippen molar-refractivity contribution in [2.75, 3.05) is 38.7 Å². The zero-order chi connectivity index (χ0) is 17.5. The van der Waals surface area contributed by atoms with Crippen molar-refractivity contribution in [2.24, 2.45) is 0 Å². The second-order valence-electron chi connectivity index (χ2n) is 7.04. The van der Waals surface area contributed by atoms with E-state index in [0.717, 1.165) is 6.54 Å². The SMILES string of the molecule is Cc1ccc(CN2CCN(C(=O)N(C)C)[C@H]3CS(=O)(=O)C[C@H]32)cc1. The van der Waals surface area contributed by atoms with Crippen LogP contribution in [0.25, 0.3) is 0 Å². The number of fused-ring (bicyclic) bond motifs is 1. The highest BCUT2D eigenvalue weighted by Crippen LogP contribution is 2.28. The number of hydrogen-bond acceptors (Lipinski definition) is 4. The van der Waals surface area contributed by atoms with E-state index in [4.69, 9.17) is 0 Å². The summed E-state index contributed by atoms with van der Waals surface area (Å²) in [6.45, 7) is 4.04. The molecular weight excluding hydrogens is 326 g/mol. The Morgan fingerprint density at radius 3 is 2.38 bits per heavy atom. The Bertz CT molecular complexity index is 715. The fourth-order valence-corrected chi connectivity index (χ4v) is 5.66. The summed E-state index contributed by atoms with van der Waals surface area (Å²) in [6.07, 6.45) is 0. The molecule has 2 amide bonds. The number of carbonyl (C=O) groups is 1. The molecule has 0 bridgehead atoms. The summed E-state index contributed by atoms with van der Waals surface area (Å²) in [6, 6.07) is 7.86. The molecular formula is C17H25N3O3S. The Kier molecular flexibility index (Phi) is 4.57. The van der Waals surface area contributed by atoms with Gasteiger partial charge in [-0.1, -0.05) is 29.8 Å². The summed E-state index contributed by atoms with van der Waals surface area (Å²) < 4.78 is 24.4. The number of benzene rings is 1. The molecule has 2 saturated heterocycles. The van der Waals surface area contributed by atoms with Crippen molar-refractivity contribution in [3.63, 3.8) is 0 Å². The van der Waals surface area contributed by atoms with Gasteiger partial charge in [-0.25, -0.2) is 13.2 Å². The minimum absolute atomic E-state index is 0.0711. The van der Waals surface area contributed by atoms with Gasteiger partial charge < -0.3 is 9.80 Å². The molecule has 0 aromatic heterocycles. The number of rotatable bonds is 2. The lowest BCUT2D eigenvalue weighted by molar-refractivity contribution is 0.0521. The Morgan fingerprint density at radius 2 is 1.75 bits per heavy atom. The van der Waals surface area contributed by atoms with Gasteiger partial charge in [-0.05, 0) is 12.5 Å². The highest BCUT2D eigenvalue weighted by atomic mass is 32.2. The third-order valence-electron chi connectivity index (χ3n) is 4.93. The van der Waals surface area contributed by atoms with Crippen LogP contribution in [0.4, 0.5) is 4.79 Å². The second kappa shape index (κ2) is 6.37. The Balaban J connectivity index is 1.81. The Morgan fingerprint density at radius 1 is 1.12 bits per heavy atom. The van der Waals surface area contributed by atoms with Crippen LogP contribution in [0.2, 0.25) is 0 Å². The van der Waals surface area contributed by atoms with Crippen LogP contribution in [0.1, 0.15) is 11.1 Å². The molecule has 6 nitrogen and oxygen atoms in total. The lowest BCUT2D eigenvalue weighted by Crippen LogP contribution is -2.61. The average Bonchev–Trinajstić information content (AvgIpc) is 2.84. The van der Waals surface area contributed by atoms with Gasteiger partial charge in [0, 0.05) is 39.8 Å². The van der Waals surface area contributed by atoms with E-state index in [1.165, 1.54) is 16.0 Å². The monoisotopic (exact) mass is 351 g/mol. The van der Waals surface area contributed by atoms with E-state index < -0.39 is 9.84 Å². The average molecular weight is 351 g/mol. The minimum Gasteiger partial charge on any atom is -0.331 e. The Labute approximate surface area is 144 Å². The normalized spacial score (nSPS) is 26.2. The molecule has 0 radical (unpaired) electrons. The highest BCUT2D eigenvalue weighted by molar-refractivity contribution is 7.91. The number of sulfone groups is 1. The van der Waals surface area contributed by atoms with E-state index in [-0.39, 0.29) is 29.6 Å². The summed E-state index contributed by atoms with van der Waals surface area (Å²) >= 11 is 0. The maximum atomic E-state index is 12.4. The smallest absolute Gasteiger partial charge is 0.319 e. The predicted octanol–water partition coefficient (Wildman–Crippen LogP) is 0.960. The van der Waals surface area contributed by atoms with Gasteiger partial charge in [-0.2, -0.15) is 0 Å². The van der Waals surface area contributed by atoms with Crippen LogP contribution in [0.5, 0.6) is 0 Å². The molecule has 0 aliphatic carbocycles.